The first-order valence-corrected chi connectivity index (χ1v) is 7.64. The highest BCUT2D eigenvalue weighted by atomic mass is 19.1. The molecular weight excluding hydrogens is 253 g/mol. The Morgan fingerprint density at radius 1 is 1.20 bits per heavy atom. The van der Waals surface area contributed by atoms with Crippen molar-refractivity contribution >= 4 is 0 Å². The molecule has 1 aromatic carbocycles. The second kappa shape index (κ2) is 5.45. The lowest BCUT2D eigenvalue weighted by molar-refractivity contribution is -0.0485. The van der Waals surface area contributed by atoms with Crippen molar-refractivity contribution in [1.29, 1.82) is 0 Å². The van der Waals surface area contributed by atoms with Crippen LogP contribution in [-0.2, 0) is 10.2 Å². The summed E-state index contributed by atoms with van der Waals surface area (Å²) in [6, 6.07) is 7.13. The summed E-state index contributed by atoms with van der Waals surface area (Å²) in [4.78, 5) is 0. The molecule has 2 saturated carbocycles. The minimum absolute atomic E-state index is 0.145. The molecule has 0 saturated heterocycles. The molecule has 0 bridgehead atoms. The second-order valence-electron chi connectivity index (χ2n) is 6.66. The summed E-state index contributed by atoms with van der Waals surface area (Å²) in [5, 5.41) is 3.51. The monoisotopic (exact) mass is 277 g/mol. The highest BCUT2D eigenvalue weighted by Gasteiger charge is 2.57. The maximum absolute atomic E-state index is 13.1. The molecule has 1 aromatic rings. The predicted molar refractivity (Wildman–Crippen MR) is 78.3 cm³/mol. The molecule has 0 heterocycles. The fourth-order valence-corrected chi connectivity index (χ4v) is 4.15. The number of methoxy groups -OCH3 is 1. The van der Waals surface area contributed by atoms with Crippen LogP contribution in [0.4, 0.5) is 4.39 Å². The number of benzene rings is 1. The Balaban J connectivity index is 1.69. The second-order valence-corrected chi connectivity index (χ2v) is 6.66. The Hall–Kier alpha value is -0.930. The normalized spacial score (nSPS) is 22.3. The van der Waals surface area contributed by atoms with E-state index in [0.29, 0.717) is 5.41 Å². The molecule has 110 valence electrons. The van der Waals surface area contributed by atoms with Gasteiger partial charge in [-0.1, -0.05) is 18.6 Å². The molecule has 3 rings (SSSR count). The van der Waals surface area contributed by atoms with Gasteiger partial charge in [0, 0.05) is 25.6 Å². The van der Waals surface area contributed by atoms with Crippen LogP contribution in [0.5, 0.6) is 0 Å². The number of ether oxygens (including phenoxy) is 1. The van der Waals surface area contributed by atoms with Crippen molar-refractivity contribution in [3.63, 3.8) is 0 Å². The quantitative estimate of drug-likeness (QED) is 0.806. The third kappa shape index (κ3) is 2.49. The minimum atomic E-state index is -0.145. The first-order chi connectivity index (χ1) is 9.68. The lowest BCUT2D eigenvalue weighted by atomic mass is 9.43. The molecule has 3 heteroatoms. The standard InChI is InChI=1S/C17H24FNO/c1-20-10-9-19-13-17(11-16(12-17)7-2-8-16)14-3-5-15(18)6-4-14/h3-6,19H,2,7-13H2,1H3. The van der Waals surface area contributed by atoms with Crippen LogP contribution < -0.4 is 5.32 Å². The number of rotatable bonds is 6. The maximum Gasteiger partial charge on any atom is 0.123 e. The van der Waals surface area contributed by atoms with Gasteiger partial charge in [0.25, 0.3) is 0 Å². The van der Waals surface area contributed by atoms with E-state index < -0.39 is 0 Å². The van der Waals surface area contributed by atoms with Crippen LogP contribution in [-0.4, -0.2) is 26.8 Å². The lowest BCUT2D eigenvalue weighted by Gasteiger charge is -2.61. The molecule has 0 aliphatic heterocycles. The predicted octanol–water partition coefficient (Wildman–Crippen LogP) is 3.26. The van der Waals surface area contributed by atoms with Crippen molar-refractivity contribution in [2.75, 3.05) is 26.8 Å². The largest absolute Gasteiger partial charge is 0.383 e. The van der Waals surface area contributed by atoms with E-state index in [0.717, 1.165) is 19.7 Å². The fraction of sp³-hybridized carbons (Fsp3) is 0.647. The van der Waals surface area contributed by atoms with E-state index in [4.69, 9.17) is 4.74 Å². The third-order valence-electron chi connectivity index (χ3n) is 5.24. The van der Waals surface area contributed by atoms with Gasteiger partial charge in [-0.05, 0) is 48.8 Å². The summed E-state index contributed by atoms with van der Waals surface area (Å²) in [5.74, 6) is -0.145. The van der Waals surface area contributed by atoms with Crippen LogP contribution in [0.25, 0.3) is 0 Å². The van der Waals surface area contributed by atoms with Crippen molar-refractivity contribution in [2.45, 2.75) is 37.5 Å². The van der Waals surface area contributed by atoms with E-state index in [1.165, 1.54) is 37.7 Å². The fourth-order valence-electron chi connectivity index (χ4n) is 4.15. The SMILES string of the molecule is COCCNCC1(c2ccc(F)cc2)CC2(CCC2)C1. The summed E-state index contributed by atoms with van der Waals surface area (Å²) < 4.78 is 18.2. The molecule has 1 spiro atoms. The average molecular weight is 277 g/mol. The van der Waals surface area contributed by atoms with E-state index in [9.17, 15) is 4.39 Å². The number of nitrogens with one attached hydrogen (secondary N) is 1. The lowest BCUT2D eigenvalue weighted by Crippen LogP contribution is -2.57. The highest BCUT2D eigenvalue weighted by molar-refractivity contribution is 5.32. The molecule has 0 amide bonds. The number of halogens is 1. The van der Waals surface area contributed by atoms with E-state index >= 15 is 0 Å². The van der Waals surface area contributed by atoms with Crippen LogP contribution >= 0.6 is 0 Å². The van der Waals surface area contributed by atoms with Gasteiger partial charge in [0.1, 0.15) is 5.82 Å². The van der Waals surface area contributed by atoms with Crippen LogP contribution in [0.15, 0.2) is 24.3 Å². The maximum atomic E-state index is 13.1. The van der Waals surface area contributed by atoms with Crippen molar-refractivity contribution in [3.8, 4) is 0 Å². The zero-order valence-corrected chi connectivity index (χ0v) is 12.3. The van der Waals surface area contributed by atoms with Gasteiger partial charge in [0.05, 0.1) is 6.61 Å². The summed E-state index contributed by atoms with van der Waals surface area (Å²) in [5.41, 5.74) is 2.11. The molecule has 0 atom stereocenters. The van der Waals surface area contributed by atoms with Crippen molar-refractivity contribution < 1.29 is 9.13 Å². The zero-order valence-electron chi connectivity index (χ0n) is 12.3. The van der Waals surface area contributed by atoms with Gasteiger partial charge in [-0.15, -0.1) is 0 Å². The van der Waals surface area contributed by atoms with E-state index in [1.807, 2.05) is 12.1 Å². The number of hydrogen-bond donors (Lipinski definition) is 1. The molecule has 2 nitrogen and oxygen atoms in total. The van der Waals surface area contributed by atoms with E-state index in [2.05, 4.69) is 5.32 Å². The molecule has 0 unspecified atom stereocenters. The van der Waals surface area contributed by atoms with Gasteiger partial charge >= 0.3 is 0 Å². The van der Waals surface area contributed by atoms with E-state index in [1.54, 1.807) is 19.2 Å². The topological polar surface area (TPSA) is 21.3 Å². The van der Waals surface area contributed by atoms with Crippen LogP contribution in [0.3, 0.4) is 0 Å². The Labute approximate surface area is 120 Å². The summed E-state index contributed by atoms with van der Waals surface area (Å²) >= 11 is 0. The Morgan fingerprint density at radius 3 is 2.45 bits per heavy atom. The molecule has 2 aliphatic carbocycles. The zero-order chi connectivity index (χ0) is 14.1. The molecule has 0 radical (unpaired) electrons. The van der Waals surface area contributed by atoms with Gasteiger partial charge in [-0.3, -0.25) is 0 Å². The Bertz CT molecular complexity index is 445. The first-order valence-electron chi connectivity index (χ1n) is 7.64. The number of hydrogen-bond acceptors (Lipinski definition) is 2. The highest BCUT2D eigenvalue weighted by Crippen LogP contribution is 2.64. The molecule has 1 N–H and O–H groups in total. The smallest absolute Gasteiger partial charge is 0.123 e. The summed E-state index contributed by atoms with van der Waals surface area (Å²) in [6.07, 6.45) is 6.66. The van der Waals surface area contributed by atoms with Crippen LogP contribution in [0, 0.1) is 11.2 Å². The van der Waals surface area contributed by atoms with Gasteiger partial charge in [0.2, 0.25) is 0 Å². The van der Waals surface area contributed by atoms with Crippen LogP contribution in [0.2, 0.25) is 0 Å². The first kappa shape index (κ1) is 14.0. The summed E-state index contributed by atoms with van der Waals surface area (Å²) in [6.45, 7) is 2.60. The van der Waals surface area contributed by atoms with Crippen molar-refractivity contribution in [3.05, 3.63) is 35.6 Å². The van der Waals surface area contributed by atoms with Gasteiger partial charge in [-0.2, -0.15) is 0 Å². The van der Waals surface area contributed by atoms with Gasteiger partial charge in [0.15, 0.2) is 0 Å². The average Bonchev–Trinajstić information content (AvgIpc) is 2.36. The third-order valence-corrected chi connectivity index (χ3v) is 5.24. The van der Waals surface area contributed by atoms with Gasteiger partial charge in [-0.25, -0.2) is 4.39 Å². The van der Waals surface area contributed by atoms with E-state index in [-0.39, 0.29) is 11.2 Å². The summed E-state index contributed by atoms with van der Waals surface area (Å²) in [7, 11) is 1.73. The Kier molecular flexibility index (Phi) is 3.83. The molecule has 20 heavy (non-hydrogen) atoms. The molecule has 2 aliphatic rings. The molecular formula is C17H24FNO. The van der Waals surface area contributed by atoms with Crippen molar-refractivity contribution in [2.24, 2.45) is 5.41 Å². The molecule has 2 fully saturated rings. The molecule has 0 aromatic heterocycles. The van der Waals surface area contributed by atoms with Crippen LogP contribution in [0.1, 0.15) is 37.7 Å². The minimum Gasteiger partial charge on any atom is -0.383 e. The van der Waals surface area contributed by atoms with Crippen molar-refractivity contribution in [1.82, 2.24) is 5.32 Å². The Morgan fingerprint density at radius 2 is 1.90 bits per heavy atom. The van der Waals surface area contributed by atoms with Gasteiger partial charge < -0.3 is 10.1 Å².